The Labute approximate surface area is 66.9 Å². The Morgan fingerprint density at radius 2 is 1.67 bits per heavy atom. The van der Waals surface area contributed by atoms with Gasteiger partial charge in [-0.3, -0.25) is 0 Å². The van der Waals surface area contributed by atoms with Gasteiger partial charge in [-0.25, -0.2) is 4.79 Å². The number of nitrogens with zero attached hydrogens (tertiary/aromatic N) is 1. The van der Waals surface area contributed by atoms with Gasteiger partial charge >= 0.3 is 6.41 Å². The van der Waals surface area contributed by atoms with E-state index in [0.29, 0.717) is 0 Å². The van der Waals surface area contributed by atoms with Crippen LogP contribution in [0.2, 0.25) is 0 Å². The normalized spacial score (nSPS) is 7.56. The molecule has 1 rings (SSSR count). The van der Waals surface area contributed by atoms with E-state index in [4.69, 9.17) is 0 Å². The Balaban J connectivity index is 0.000000640. The molecule has 1 aromatic rings. The third-order valence-corrected chi connectivity index (χ3v) is 0.860. The van der Waals surface area contributed by atoms with Crippen molar-refractivity contribution in [3.63, 3.8) is 0 Å². The molecular weight excluding hydrogens is 294 g/mol. The Kier molecular flexibility index (Phi) is 4.10. The molecule has 1 radical (unpaired) electrons. The molecule has 0 spiro atoms. The van der Waals surface area contributed by atoms with Gasteiger partial charge in [0.1, 0.15) is 0 Å². The molecular formula is C6H6IrNO+. The molecule has 2 nitrogen and oxygen atoms in total. The molecule has 0 N–H and O–H groups in total. The topological polar surface area (TPSA) is 20.9 Å². The van der Waals surface area contributed by atoms with Gasteiger partial charge in [0, 0.05) is 32.2 Å². The number of rotatable bonds is 1. The average molecular weight is 300 g/mol. The van der Waals surface area contributed by atoms with E-state index in [-0.39, 0.29) is 20.1 Å². The van der Waals surface area contributed by atoms with Crippen LogP contribution in [0.1, 0.15) is 0 Å². The van der Waals surface area contributed by atoms with Gasteiger partial charge in [0.2, 0.25) is 0 Å². The summed E-state index contributed by atoms with van der Waals surface area (Å²) in [5.41, 5.74) is 0. The van der Waals surface area contributed by atoms with Crippen molar-refractivity contribution in [3.8, 4) is 0 Å². The summed E-state index contributed by atoms with van der Waals surface area (Å²) < 4.78 is 1.44. The van der Waals surface area contributed by atoms with E-state index < -0.39 is 0 Å². The first-order valence-electron chi connectivity index (χ1n) is 2.34. The van der Waals surface area contributed by atoms with Crippen LogP contribution in [0.5, 0.6) is 0 Å². The van der Waals surface area contributed by atoms with Gasteiger partial charge in [0.05, 0.1) is 0 Å². The van der Waals surface area contributed by atoms with Crippen LogP contribution in [0.15, 0.2) is 30.6 Å². The van der Waals surface area contributed by atoms with E-state index in [2.05, 4.69) is 0 Å². The van der Waals surface area contributed by atoms with Crippen LogP contribution < -0.4 is 4.57 Å². The molecule has 0 saturated carbocycles. The van der Waals surface area contributed by atoms with Crippen molar-refractivity contribution in [2.75, 3.05) is 0 Å². The van der Waals surface area contributed by atoms with Crippen LogP contribution in [0.3, 0.4) is 0 Å². The average Bonchev–Trinajstić information content (AvgIpc) is 1.90. The Hall–Kier alpha value is -0.531. The van der Waals surface area contributed by atoms with E-state index in [9.17, 15) is 4.79 Å². The number of aromatic nitrogens is 1. The predicted octanol–water partition coefficient (Wildman–Crippen LogP) is 0.00990. The quantitative estimate of drug-likeness (QED) is 0.529. The van der Waals surface area contributed by atoms with Gasteiger partial charge in [-0.15, -0.1) is 4.57 Å². The van der Waals surface area contributed by atoms with Gasteiger partial charge in [-0.2, -0.15) is 0 Å². The standard InChI is InChI=1S/C6H6NO.Ir/c8-6-7-4-2-1-3-5-7;/h1-6H;/q+1;. The van der Waals surface area contributed by atoms with Crippen molar-refractivity contribution in [1.29, 1.82) is 0 Å². The fourth-order valence-corrected chi connectivity index (χ4v) is 0.482. The zero-order chi connectivity index (χ0) is 5.82. The minimum absolute atomic E-state index is 0. The fraction of sp³-hybridized carbons (Fsp3) is 0. The van der Waals surface area contributed by atoms with E-state index in [1.165, 1.54) is 4.57 Å². The molecule has 1 aromatic heterocycles. The summed E-state index contributed by atoms with van der Waals surface area (Å²) in [5, 5.41) is 0. The molecule has 0 aromatic carbocycles. The van der Waals surface area contributed by atoms with Gasteiger partial charge in [0.25, 0.3) is 0 Å². The maximum absolute atomic E-state index is 9.97. The van der Waals surface area contributed by atoms with E-state index in [1.54, 1.807) is 24.5 Å². The Morgan fingerprint density at radius 1 is 1.11 bits per heavy atom. The molecule has 9 heavy (non-hydrogen) atoms. The summed E-state index contributed by atoms with van der Waals surface area (Å²) in [6.45, 7) is 0. The fourth-order valence-electron chi connectivity index (χ4n) is 0.482. The van der Waals surface area contributed by atoms with Crippen molar-refractivity contribution < 1.29 is 29.5 Å². The number of hydrogen-bond acceptors (Lipinski definition) is 1. The van der Waals surface area contributed by atoms with Crippen LogP contribution in [0.25, 0.3) is 0 Å². The number of carbonyl (C=O) groups excluding carboxylic acids is 1. The molecule has 0 aliphatic carbocycles. The molecule has 0 aliphatic heterocycles. The summed E-state index contributed by atoms with van der Waals surface area (Å²) in [6, 6.07) is 5.46. The summed E-state index contributed by atoms with van der Waals surface area (Å²) in [6.07, 6.45) is 4.12. The van der Waals surface area contributed by atoms with Gasteiger partial charge < -0.3 is 0 Å². The second kappa shape index (κ2) is 4.36. The third-order valence-electron chi connectivity index (χ3n) is 0.860. The second-order valence-electron chi connectivity index (χ2n) is 1.43. The first-order valence-corrected chi connectivity index (χ1v) is 2.34. The minimum Gasteiger partial charge on any atom is -0.222 e. The maximum Gasteiger partial charge on any atom is 0.380 e. The zero-order valence-electron chi connectivity index (χ0n) is 4.65. The van der Waals surface area contributed by atoms with Crippen molar-refractivity contribution in [2.24, 2.45) is 0 Å². The van der Waals surface area contributed by atoms with E-state index in [0.717, 1.165) is 6.41 Å². The van der Waals surface area contributed by atoms with Crippen molar-refractivity contribution in [3.05, 3.63) is 30.6 Å². The molecule has 3 heteroatoms. The van der Waals surface area contributed by atoms with Crippen molar-refractivity contribution in [2.45, 2.75) is 0 Å². The molecule has 0 saturated heterocycles. The summed E-state index contributed by atoms with van der Waals surface area (Å²) in [4.78, 5) is 9.97. The number of carbonyl (C=O) groups is 1. The predicted molar refractivity (Wildman–Crippen MR) is 28.8 cm³/mol. The number of hydrogen-bond donors (Lipinski definition) is 0. The van der Waals surface area contributed by atoms with Crippen molar-refractivity contribution >= 4 is 6.41 Å². The zero-order valence-corrected chi connectivity index (χ0v) is 7.05. The molecule has 0 fully saturated rings. The Bertz CT molecular complexity index is 176. The van der Waals surface area contributed by atoms with Crippen LogP contribution in [0, 0.1) is 0 Å². The first kappa shape index (κ1) is 8.47. The minimum atomic E-state index is 0. The monoisotopic (exact) mass is 301 g/mol. The summed E-state index contributed by atoms with van der Waals surface area (Å²) >= 11 is 0. The van der Waals surface area contributed by atoms with Crippen LogP contribution >= 0.6 is 0 Å². The smallest absolute Gasteiger partial charge is 0.222 e. The largest absolute Gasteiger partial charge is 0.380 e. The summed E-state index contributed by atoms with van der Waals surface area (Å²) in [7, 11) is 0. The molecule has 0 bridgehead atoms. The van der Waals surface area contributed by atoms with Crippen molar-refractivity contribution in [1.82, 2.24) is 0 Å². The van der Waals surface area contributed by atoms with Gasteiger partial charge in [-0.05, 0) is 0 Å². The first-order chi connectivity index (χ1) is 3.93. The maximum atomic E-state index is 9.97. The van der Waals surface area contributed by atoms with E-state index in [1.807, 2.05) is 6.07 Å². The van der Waals surface area contributed by atoms with Crippen LogP contribution in [-0.4, -0.2) is 6.41 Å². The third kappa shape index (κ3) is 2.49. The second-order valence-corrected chi connectivity index (χ2v) is 1.43. The molecule has 0 amide bonds. The summed E-state index contributed by atoms with van der Waals surface area (Å²) in [5.74, 6) is 0. The molecule has 0 atom stereocenters. The van der Waals surface area contributed by atoms with E-state index >= 15 is 0 Å². The molecule has 0 aliphatic rings. The number of pyridine rings is 1. The SMILES string of the molecule is O=C[n+]1ccccc1.[Ir]. The molecule has 49 valence electrons. The molecule has 0 unspecified atom stereocenters. The molecule has 1 heterocycles. The van der Waals surface area contributed by atoms with Gasteiger partial charge in [0.15, 0.2) is 12.4 Å². The van der Waals surface area contributed by atoms with Crippen LogP contribution in [0.4, 0.5) is 0 Å². The van der Waals surface area contributed by atoms with Crippen LogP contribution in [-0.2, 0) is 24.9 Å². The van der Waals surface area contributed by atoms with Gasteiger partial charge in [-0.1, -0.05) is 6.07 Å². The Morgan fingerprint density at radius 3 is 2.00 bits per heavy atom.